The quantitative estimate of drug-likeness (QED) is 0.676. The maximum absolute atomic E-state index is 10.8. The Bertz CT molecular complexity index is 515. The summed E-state index contributed by atoms with van der Waals surface area (Å²) in [6, 6.07) is 4.42. The molecule has 0 saturated heterocycles. The predicted octanol–water partition coefficient (Wildman–Crippen LogP) is 3.85. The summed E-state index contributed by atoms with van der Waals surface area (Å²) in [6.07, 6.45) is 2.43. The van der Waals surface area contributed by atoms with Gasteiger partial charge in [-0.05, 0) is 44.1 Å². The first-order chi connectivity index (χ1) is 9.88. The first-order valence-electron chi connectivity index (χ1n) is 7.51. The van der Waals surface area contributed by atoms with E-state index in [1.165, 1.54) is 12.1 Å². The van der Waals surface area contributed by atoms with Crippen molar-refractivity contribution in [1.82, 2.24) is 0 Å². The van der Waals surface area contributed by atoms with Crippen LogP contribution in [0, 0.1) is 22.0 Å². The van der Waals surface area contributed by atoms with Crippen molar-refractivity contribution in [1.29, 1.82) is 0 Å². The molecule has 1 aromatic rings. The molecule has 1 saturated carbocycles. The number of non-ortho nitro benzene ring substituents is 1. The van der Waals surface area contributed by atoms with Gasteiger partial charge in [0.15, 0.2) is 0 Å². The summed E-state index contributed by atoms with van der Waals surface area (Å²) in [5.41, 5.74) is 0.458. The second-order valence-electron chi connectivity index (χ2n) is 6.16. The number of nitrogens with zero attached hydrogens (tertiary/aromatic N) is 1. The van der Waals surface area contributed by atoms with Crippen molar-refractivity contribution in [3.05, 3.63) is 33.9 Å². The highest BCUT2D eigenvalue weighted by atomic mass is 16.6. The van der Waals surface area contributed by atoms with Gasteiger partial charge in [0.05, 0.1) is 17.1 Å². The Morgan fingerprint density at radius 3 is 2.62 bits per heavy atom. The van der Waals surface area contributed by atoms with Crippen LogP contribution in [-0.2, 0) is 0 Å². The van der Waals surface area contributed by atoms with E-state index in [1.807, 2.05) is 0 Å². The predicted molar refractivity (Wildman–Crippen MR) is 80.3 cm³/mol. The first-order valence-corrected chi connectivity index (χ1v) is 7.51. The molecule has 1 N–H and O–H groups in total. The fourth-order valence-corrected chi connectivity index (χ4v) is 2.87. The lowest BCUT2D eigenvalue weighted by Gasteiger charge is -2.32. The average Bonchev–Trinajstić information content (AvgIpc) is 2.43. The average molecular weight is 293 g/mol. The van der Waals surface area contributed by atoms with Gasteiger partial charge in [-0.2, -0.15) is 0 Å². The minimum atomic E-state index is -0.792. The Morgan fingerprint density at radius 2 is 2.05 bits per heavy atom. The van der Waals surface area contributed by atoms with Crippen molar-refractivity contribution in [2.24, 2.45) is 11.8 Å². The molecule has 1 aliphatic rings. The number of aliphatic hydroxyl groups is 1. The van der Waals surface area contributed by atoms with Crippen molar-refractivity contribution in [2.45, 2.75) is 52.2 Å². The maximum atomic E-state index is 10.8. The Morgan fingerprint density at radius 1 is 1.33 bits per heavy atom. The Balaban J connectivity index is 2.17. The van der Waals surface area contributed by atoms with E-state index < -0.39 is 11.0 Å². The monoisotopic (exact) mass is 293 g/mol. The molecule has 21 heavy (non-hydrogen) atoms. The smallest absolute Gasteiger partial charge is 0.270 e. The highest BCUT2D eigenvalue weighted by Gasteiger charge is 2.27. The Hall–Kier alpha value is -1.62. The molecule has 116 valence electrons. The molecular weight excluding hydrogens is 270 g/mol. The van der Waals surface area contributed by atoms with Gasteiger partial charge in [-0.25, -0.2) is 0 Å². The summed E-state index contributed by atoms with van der Waals surface area (Å²) in [5.74, 6) is 1.87. The molecule has 1 aliphatic carbocycles. The van der Waals surface area contributed by atoms with E-state index in [0.29, 0.717) is 23.1 Å². The molecule has 0 radical (unpaired) electrons. The molecule has 0 spiro atoms. The summed E-state index contributed by atoms with van der Waals surface area (Å²) in [7, 11) is 0. The Labute approximate surface area is 125 Å². The molecule has 4 atom stereocenters. The number of ether oxygens (including phenoxy) is 1. The molecule has 0 bridgehead atoms. The van der Waals surface area contributed by atoms with Gasteiger partial charge in [0.2, 0.25) is 0 Å². The van der Waals surface area contributed by atoms with E-state index in [-0.39, 0.29) is 11.8 Å². The molecule has 1 fully saturated rings. The number of rotatable bonds is 4. The number of nitro benzene ring substituents is 1. The summed E-state index contributed by atoms with van der Waals surface area (Å²) in [4.78, 5) is 10.4. The van der Waals surface area contributed by atoms with E-state index in [9.17, 15) is 15.2 Å². The third-order valence-corrected chi connectivity index (χ3v) is 4.50. The van der Waals surface area contributed by atoms with Gasteiger partial charge in [-0.15, -0.1) is 0 Å². The van der Waals surface area contributed by atoms with Crippen LogP contribution in [0.2, 0.25) is 0 Å². The van der Waals surface area contributed by atoms with Crippen LogP contribution in [0.25, 0.3) is 0 Å². The summed E-state index contributed by atoms with van der Waals surface area (Å²) >= 11 is 0. The topological polar surface area (TPSA) is 72.6 Å². The van der Waals surface area contributed by atoms with E-state index in [0.717, 1.165) is 19.3 Å². The molecular formula is C16H23NO4. The van der Waals surface area contributed by atoms with E-state index in [1.54, 1.807) is 13.0 Å². The lowest BCUT2D eigenvalue weighted by molar-refractivity contribution is -0.385. The fraction of sp³-hybridized carbons (Fsp3) is 0.625. The third kappa shape index (κ3) is 3.73. The lowest BCUT2D eigenvalue weighted by atomic mass is 9.80. The first kappa shape index (κ1) is 15.8. The molecule has 2 rings (SSSR count). The van der Waals surface area contributed by atoms with Gasteiger partial charge in [0.1, 0.15) is 5.75 Å². The van der Waals surface area contributed by atoms with Crippen LogP contribution >= 0.6 is 0 Å². The van der Waals surface area contributed by atoms with Crippen LogP contribution in [-0.4, -0.2) is 16.1 Å². The number of benzene rings is 1. The van der Waals surface area contributed by atoms with Crippen LogP contribution in [0.15, 0.2) is 18.2 Å². The molecule has 0 aromatic heterocycles. The van der Waals surface area contributed by atoms with E-state index in [2.05, 4.69) is 13.8 Å². The van der Waals surface area contributed by atoms with Crippen molar-refractivity contribution in [3.63, 3.8) is 0 Å². The summed E-state index contributed by atoms with van der Waals surface area (Å²) in [6.45, 7) is 6.08. The SMILES string of the molecule is CC1CCC(Oc2ccc([N+](=O)[O-])cc2[C@H](C)O)CC1C. The molecule has 5 heteroatoms. The largest absolute Gasteiger partial charge is 0.490 e. The van der Waals surface area contributed by atoms with Crippen LogP contribution in [0.4, 0.5) is 5.69 Å². The minimum Gasteiger partial charge on any atom is -0.490 e. The van der Waals surface area contributed by atoms with Gasteiger partial charge in [0.25, 0.3) is 5.69 Å². The van der Waals surface area contributed by atoms with Gasteiger partial charge in [-0.1, -0.05) is 13.8 Å². The Kier molecular flexibility index (Phi) is 4.83. The zero-order chi connectivity index (χ0) is 15.6. The summed E-state index contributed by atoms with van der Waals surface area (Å²) in [5, 5.41) is 20.7. The standard InChI is InChI=1S/C16H23NO4/c1-10-4-6-14(8-11(10)2)21-16-7-5-13(17(19)20)9-15(16)12(3)18/h5,7,9-12,14,18H,4,6,8H2,1-3H3/t10?,11?,12-,14?/m0/s1. The third-order valence-electron chi connectivity index (χ3n) is 4.50. The fourth-order valence-electron chi connectivity index (χ4n) is 2.87. The second-order valence-corrected chi connectivity index (χ2v) is 6.16. The molecule has 0 heterocycles. The molecule has 5 nitrogen and oxygen atoms in total. The normalized spacial score (nSPS) is 27.1. The minimum absolute atomic E-state index is 0.0242. The van der Waals surface area contributed by atoms with Crippen LogP contribution in [0.1, 0.15) is 51.7 Å². The van der Waals surface area contributed by atoms with Crippen molar-refractivity contribution >= 4 is 5.69 Å². The highest BCUT2D eigenvalue weighted by Crippen LogP contribution is 2.35. The molecule has 3 unspecified atom stereocenters. The zero-order valence-electron chi connectivity index (χ0n) is 12.8. The van der Waals surface area contributed by atoms with Gasteiger partial charge >= 0.3 is 0 Å². The van der Waals surface area contributed by atoms with Crippen LogP contribution < -0.4 is 4.74 Å². The van der Waals surface area contributed by atoms with Crippen LogP contribution in [0.5, 0.6) is 5.75 Å². The van der Waals surface area contributed by atoms with Crippen molar-refractivity contribution < 1.29 is 14.8 Å². The van der Waals surface area contributed by atoms with E-state index >= 15 is 0 Å². The van der Waals surface area contributed by atoms with Crippen molar-refractivity contribution in [2.75, 3.05) is 0 Å². The molecule has 1 aromatic carbocycles. The van der Waals surface area contributed by atoms with E-state index in [4.69, 9.17) is 4.74 Å². The van der Waals surface area contributed by atoms with Gasteiger partial charge in [0, 0.05) is 17.7 Å². The number of aliphatic hydroxyl groups excluding tert-OH is 1. The van der Waals surface area contributed by atoms with Gasteiger partial charge < -0.3 is 9.84 Å². The lowest BCUT2D eigenvalue weighted by Crippen LogP contribution is -2.29. The molecule has 0 amide bonds. The molecule has 0 aliphatic heterocycles. The number of nitro groups is 1. The van der Waals surface area contributed by atoms with Crippen molar-refractivity contribution in [3.8, 4) is 5.75 Å². The zero-order valence-corrected chi connectivity index (χ0v) is 12.8. The number of hydrogen-bond donors (Lipinski definition) is 1. The maximum Gasteiger partial charge on any atom is 0.270 e. The van der Waals surface area contributed by atoms with Gasteiger partial charge in [-0.3, -0.25) is 10.1 Å². The second kappa shape index (κ2) is 6.43. The van der Waals surface area contributed by atoms with Crippen LogP contribution in [0.3, 0.4) is 0 Å². The summed E-state index contributed by atoms with van der Waals surface area (Å²) < 4.78 is 6.02. The highest BCUT2D eigenvalue weighted by molar-refractivity contribution is 5.45. The number of hydrogen-bond acceptors (Lipinski definition) is 4.